The van der Waals surface area contributed by atoms with Gasteiger partial charge in [0, 0.05) is 11.3 Å². The first kappa shape index (κ1) is 19.6. The topological polar surface area (TPSA) is 93.7 Å². The van der Waals surface area contributed by atoms with Crippen molar-refractivity contribution in [2.24, 2.45) is 0 Å². The highest BCUT2D eigenvalue weighted by Crippen LogP contribution is 2.30. The molecule has 0 saturated carbocycles. The van der Waals surface area contributed by atoms with E-state index in [2.05, 4.69) is 10.0 Å². The lowest BCUT2D eigenvalue weighted by Crippen LogP contribution is -2.26. The van der Waals surface area contributed by atoms with E-state index in [0.29, 0.717) is 22.7 Å². The maximum Gasteiger partial charge on any atom is 0.251 e. The molecule has 2 aromatic rings. The zero-order valence-electron chi connectivity index (χ0n) is 15.1. The van der Waals surface area contributed by atoms with Gasteiger partial charge in [-0.25, -0.2) is 8.42 Å². The molecule has 1 amide bonds. The van der Waals surface area contributed by atoms with E-state index >= 15 is 0 Å². The van der Waals surface area contributed by atoms with E-state index in [1.165, 1.54) is 6.07 Å². The SMILES string of the molecule is COc1ccc(C(C)NC(=O)c2cccc(NS(C)(=O)=O)c2)cc1OC. The Balaban J connectivity index is 2.15. The monoisotopic (exact) mass is 378 g/mol. The van der Waals surface area contributed by atoms with E-state index in [-0.39, 0.29) is 11.9 Å². The van der Waals surface area contributed by atoms with Crippen LogP contribution in [0.3, 0.4) is 0 Å². The van der Waals surface area contributed by atoms with Gasteiger partial charge in [0.1, 0.15) is 0 Å². The summed E-state index contributed by atoms with van der Waals surface area (Å²) >= 11 is 0. The molecule has 0 radical (unpaired) electrons. The minimum Gasteiger partial charge on any atom is -0.493 e. The van der Waals surface area contributed by atoms with Gasteiger partial charge in [-0.2, -0.15) is 0 Å². The second kappa shape index (κ2) is 8.09. The number of benzene rings is 2. The number of carbonyl (C=O) groups is 1. The van der Waals surface area contributed by atoms with Crippen LogP contribution in [0, 0.1) is 0 Å². The van der Waals surface area contributed by atoms with Crippen LogP contribution < -0.4 is 19.5 Å². The van der Waals surface area contributed by atoms with Crippen molar-refractivity contribution in [2.75, 3.05) is 25.2 Å². The number of sulfonamides is 1. The van der Waals surface area contributed by atoms with Gasteiger partial charge in [-0.3, -0.25) is 9.52 Å². The van der Waals surface area contributed by atoms with E-state index < -0.39 is 10.0 Å². The quantitative estimate of drug-likeness (QED) is 0.772. The zero-order chi connectivity index (χ0) is 19.3. The summed E-state index contributed by atoms with van der Waals surface area (Å²) in [6.45, 7) is 1.84. The second-order valence-corrected chi connectivity index (χ2v) is 7.51. The van der Waals surface area contributed by atoms with Crippen molar-refractivity contribution < 1.29 is 22.7 Å². The Morgan fingerprint density at radius 3 is 2.35 bits per heavy atom. The first-order valence-corrected chi connectivity index (χ1v) is 9.73. The largest absolute Gasteiger partial charge is 0.493 e. The molecule has 1 atom stereocenters. The summed E-state index contributed by atoms with van der Waals surface area (Å²) in [6, 6.07) is 11.4. The number of hydrogen-bond donors (Lipinski definition) is 2. The molecule has 2 N–H and O–H groups in total. The number of hydrogen-bond acceptors (Lipinski definition) is 5. The van der Waals surface area contributed by atoms with Crippen LogP contribution in [-0.2, 0) is 10.0 Å². The Bertz CT molecular complexity index is 896. The minimum absolute atomic E-state index is 0.283. The van der Waals surface area contributed by atoms with E-state index in [1.807, 2.05) is 13.0 Å². The Kier molecular flexibility index (Phi) is 6.10. The molecule has 0 fully saturated rings. The highest BCUT2D eigenvalue weighted by molar-refractivity contribution is 7.92. The average molecular weight is 378 g/mol. The van der Waals surface area contributed by atoms with Crippen molar-refractivity contribution in [3.05, 3.63) is 53.6 Å². The molecule has 0 aliphatic rings. The van der Waals surface area contributed by atoms with Crippen LogP contribution in [0.25, 0.3) is 0 Å². The van der Waals surface area contributed by atoms with Crippen LogP contribution in [0.1, 0.15) is 28.9 Å². The first-order valence-electron chi connectivity index (χ1n) is 7.84. The maximum absolute atomic E-state index is 12.5. The third-order valence-corrected chi connectivity index (χ3v) is 4.29. The summed E-state index contributed by atoms with van der Waals surface area (Å²) in [5.41, 5.74) is 1.53. The molecule has 26 heavy (non-hydrogen) atoms. The number of carbonyl (C=O) groups excluding carboxylic acids is 1. The van der Waals surface area contributed by atoms with E-state index in [0.717, 1.165) is 11.8 Å². The molecule has 0 heterocycles. The van der Waals surface area contributed by atoms with Crippen LogP contribution >= 0.6 is 0 Å². The fraction of sp³-hybridized carbons (Fsp3) is 0.278. The van der Waals surface area contributed by atoms with Crippen molar-refractivity contribution >= 4 is 21.6 Å². The Labute approximate surface area is 153 Å². The third-order valence-electron chi connectivity index (χ3n) is 3.68. The van der Waals surface area contributed by atoms with Crippen molar-refractivity contribution in [1.29, 1.82) is 0 Å². The third kappa shape index (κ3) is 5.13. The number of nitrogens with one attached hydrogen (secondary N) is 2. The molecule has 0 spiro atoms. The second-order valence-electron chi connectivity index (χ2n) is 5.76. The molecule has 2 rings (SSSR count). The zero-order valence-corrected chi connectivity index (χ0v) is 15.9. The molecule has 0 aromatic heterocycles. The minimum atomic E-state index is -3.41. The van der Waals surface area contributed by atoms with Gasteiger partial charge < -0.3 is 14.8 Å². The summed E-state index contributed by atoms with van der Waals surface area (Å²) in [6.07, 6.45) is 1.05. The fourth-order valence-corrected chi connectivity index (χ4v) is 2.98. The normalized spacial score (nSPS) is 12.2. The Morgan fingerprint density at radius 2 is 1.73 bits per heavy atom. The lowest BCUT2D eigenvalue weighted by Gasteiger charge is -2.17. The Hall–Kier alpha value is -2.74. The lowest BCUT2D eigenvalue weighted by molar-refractivity contribution is 0.0940. The standard InChI is InChI=1S/C18H22N2O5S/c1-12(13-8-9-16(24-2)17(11-13)25-3)19-18(21)14-6-5-7-15(10-14)20-26(4,22)23/h5-12,20H,1-4H3,(H,19,21). The van der Waals surface area contributed by atoms with Crippen LogP contribution in [0.15, 0.2) is 42.5 Å². The number of amides is 1. The molecule has 140 valence electrons. The highest BCUT2D eigenvalue weighted by Gasteiger charge is 2.14. The molecule has 8 heteroatoms. The van der Waals surface area contributed by atoms with Crippen LogP contribution in [-0.4, -0.2) is 34.8 Å². The van der Waals surface area contributed by atoms with E-state index in [4.69, 9.17) is 9.47 Å². The summed E-state index contributed by atoms with van der Waals surface area (Å²) in [7, 11) is -0.305. The number of methoxy groups -OCH3 is 2. The predicted octanol–water partition coefficient (Wildman–Crippen LogP) is 2.57. The van der Waals surface area contributed by atoms with Gasteiger partial charge in [0.2, 0.25) is 10.0 Å². The average Bonchev–Trinajstić information content (AvgIpc) is 2.59. The molecule has 1 unspecified atom stereocenters. The van der Waals surface area contributed by atoms with Gasteiger partial charge in [0.25, 0.3) is 5.91 Å². The van der Waals surface area contributed by atoms with Crippen molar-refractivity contribution in [3.8, 4) is 11.5 Å². The Morgan fingerprint density at radius 1 is 1.04 bits per heavy atom. The van der Waals surface area contributed by atoms with Gasteiger partial charge >= 0.3 is 0 Å². The fourth-order valence-electron chi connectivity index (χ4n) is 2.42. The smallest absolute Gasteiger partial charge is 0.251 e. The molecule has 0 aliphatic carbocycles. The van der Waals surface area contributed by atoms with Gasteiger partial charge in [0.15, 0.2) is 11.5 Å². The molecule has 0 saturated heterocycles. The van der Waals surface area contributed by atoms with Gasteiger partial charge in [-0.05, 0) is 42.8 Å². The first-order chi connectivity index (χ1) is 12.2. The number of ether oxygens (including phenoxy) is 2. The maximum atomic E-state index is 12.5. The highest BCUT2D eigenvalue weighted by atomic mass is 32.2. The lowest BCUT2D eigenvalue weighted by atomic mass is 10.1. The predicted molar refractivity (Wildman–Crippen MR) is 100 cm³/mol. The van der Waals surface area contributed by atoms with Gasteiger partial charge in [0.05, 0.1) is 26.5 Å². The molecular formula is C18H22N2O5S. The summed E-state index contributed by atoms with van der Waals surface area (Å²) in [4.78, 5) is 12.5. The van der Waals surface area contributed by atoms with E-state index in [9.17, 15) is 13.2 Å². The molecule has 7 nitrogen and oxygen atoms in total. The summed E-state index contributed by atoms with van der Waals surface area (Å²) < 4.78 is 35.5. The van der Waals surface area contributed by atoms with Crippen LogP contribution in [0.4, 0.5) is 5.69 Å². The molecule has 0 aliphatic heterocycles. The van der Waals surface area contributed by atoms with Crippen molar-refractivity contribution in [1.82, 2.24) is 5.32 Å². The van der Waals surface area contributed by atoms with Gasteiger partial charge in [-0.1, -0.05) is 12.1 Å². The molecule has 0 bridgehead atoms. The summed E-state index contributed by atoms with van der Waals surface area (Å²) in [5.74, 6) is 0.865. The van der Waals surface area contributed by atoms with Crippen LogP contribution in [0.2, 0.25) is 0 Å². The molecule has 2 aromatic carbocycles. The number of rotatable bonds is 7. The van der Waals surface area contributed by atoms with E-state index in [1.54, 1.807) is 44.6 Å². The van der Waals surface area contributed by atoms with Gasteiger partial charge in [-0.15, -0.1) is 0 Å². The van der Waals surface area contributed by atoms with Crippen molar-refractivity contribution in [3.63, 3.8) is 0 Å². The summed E-state index contributed by atoms with van der Waals surface area (Å²) in [5, 5.41) is 2.88. The number of anilines is 1. The van der Waals surface area contributed by atoms with Crippen LogP contribution in [0.5, 0.6) is 11.5 Å². The van der Waals surface area contributed by atoms with Crippen molar-refractivity contribution in [2.45, 2.75) is 13.0 Å². The molecular weight excluding hydrogens is 356 g/mol.